The fraction of sp³-hybridized carbons (Fsp3) is 0.0345. The van der Waals surface area contributed by atoms with Crippen LogP contribution in [0.3, 0.4) is 0 Å². The molecule has 4 aromatic heterocycles. The average Bonchev–Trinajstić information content (AvgIpc) is 3.37. The van der Waals surface area contributed by atoms with E-state index in [1.807, 2.05) is 86.6 Å². The van der Waals surface area contributed by atoms with Crippen molar-refractivity contribution in [1.82, 2.24) is 19.9 Å². The largest absolute Gasteiger partial charge is 0.313 e. The van der Waals surface area contributed by atoms with Crippen LogP contribution in [-0.2, 0) is 0 Å². The lowest BCUT2D eigenvalue weighted by atomic mass is 9.86. The van der Waals surface area contributed by atoms with Gasteiger partial charge in [-0.05, 0) is 164 Å². The number of pyridine rings is 4. The van der Waals surface area contributed by atoms with Crippen molar-refractivity contribution in [3.05, 3.63) is 233 Å². The van der Waals surface area contributed by atoms with Crippen molar-refractivity contribution in [3.63, 3.8) is 0 Å². The molecule has 0 aliphatic carbocycles. The number of aliphatic imine (C=N–C) groups is 1. The zero-order chi connectivity index (χ0) is 44.9. The van der Waals surface area contributed by atoms with E-state index in [-0.39, 0.29) is 0 Å². The van der Waals surface area contributed by atoms with E-state index in [1.165, 1.54) is 78.1 Å². The monoisotopic (exact) mass is 830 g/mol. The van der Waals surface area contributed by atoms with Crippen molar-refractivity contribution < 1.29 is 0 Å². The molecule has 64 heavy (non-hydrogen) atoms. The third kappa shape index (κ3) is 11.3. The standard InChI is InChI=1S/C43H27N3.C5H5N.C5H8.C3H5N.C2H5N/c1-4-31(28-16-20-44-21-17-28)22-32(5-1)38-12-8-29-11-15-41-39(13-9-30-10-14-40(38)42(29)43(30)41)37-24-35(33-6-2-18-45-26-33)23-36(25-37)34-7-3-19-46-27-34;1-2-4-6-5-3-1;1-3-5-4-2;1-3-4-2;1-2-3/h1-27H;1-5H;3-5H,1H2,2H3;3H,1-2H2;2-3H,1H3/b;;5-4-;;. The molecule has 6 aromatic carbocycles. The molecule has 0 saturated carbocycles. The smallest absolute Gasteiger partial charge is 0.0346 e. The van der Waals surface area contributed by atoms with Gasteiger partial charge in [0.2, 0.25) is 0 Å². The Morgan fingerprint density at radius 3 is 1.34 bits per heavy atom. The number of rotatable bonds is 7. The summed E-state index contributed by atoms with van der Waals surface area (Å²) in [6, 6.07) is 51.9. The molecule has 0 fully saturated rings. The maximum atomic E-state index is 6.08. The number of nitrogens with zero attached hydrogens (tertiary/aromatic N) is 5. The van der Waals surface area contributed by atoms with Gasteiger partial charge in [0.1, 0.15) is 0 Å². The van der Waals surface area contributed by atoms with E-state index >= 15 is 0 Å². The highest BCUT2D eigenvalue weighted by Gasteiger charge is 2.16. The van der Waals surface area contributed by atoms with E-state index < -0.39 is 0 Å². The topological polar surface area (TPSA) is 87.8 Å². The molecule has 0 aliphatic heterocycles. The minimum absolute atomic E-state index is 1.09. The van der Waals surface area contributed by atoms with Gasteiger partial charge in [-0.25, -0.2) is 0 Å². The molecule has 6 heteroatoms. The van der Waals surface area contributed by atoms with Crippen LogP contribution in [0.25, 0.3) is 88.0 Å². The Kier molecular flexibility index (Phi) is 16.5. The van der Waals surface area contributed by atoms with Crippen molar-refractivity contribution >= 4 is 45.2 Å². The van der Waals surface area contributed by atoms with Crippen molar-refractivity contribution in [3.8, 4) is 55.6 Å². The molecule has 0 atom stereocenters. The Bertz CT molecular complexity index is 2980. The van der Waals surface area contributed by atoms with Gasteiger partial charge in [-0.1, -0.05) is 116 Å². The number of hydrogen-bond acceptors (Lipinski definition) is 6. The first kappa shape index (κ1) is 45.1. The van der Waals surface area contributed by atoms with Crippen LogP contribution in [0.4, 0.5) is 0 Å². The number of nitrogens with one attached hydrogen (secondary N) is 1. The van der Waals surface area contributed by atoms with Crippen molar-refractivity contribution in [1.29, 1.82) is 5.41 Å². The highest BCUT2D eigenvalue weighted by molar-refractivity contribution is 6.27. The van der Waals surface area contributed by atoms with Crippen molar-refractivity contribution in [2.45, 2.75) is 13.8 Å². The molecule has 10 aromatic rings. The number of benzene rings is 6. The zero-order valence-corrected chi connectivity index (χ0v) is 36.2. The maximum absolute atomic E-state index is 6.08. The van der Waals surface area contributed by atoms with Crippen LogP contribution >= 0.6 is 0 Å². The van der Waals surface area contributed by atoms with Crippen LogP contribution in [0.5, 0.6) is 0 Å². The summed E-state index contributed by atoms with van der Waals surface area (Å²) in [6.45, 7) is 13.5. The van der Waals surface area contributed by atoms with Gasteiger partial charge >= 0.3 is 0 Å². The lowest BCUT2D eigenvalue weighted by Gasteiger charge is -2.18. The molecule has 1 N–H and O–H groups in total. The minimum atomic E-state index is 1.09. The van der Waals surface area contributed by atoms with E-state index in [4.69, 9.17) is 5.41 Å². The lowest BCUT2D eigenvalue weighted by molar-refractivity contribution is 1.32. The summed E-state index contributed by atoms with van der Waals surface area (Å²) in [6.07, 6.45) is 22.9. The number of aromatic nitrogens is 4. The second-order valence-electron chi connectivity index (χ2n) is 14.2. The Morgan fingerprint density at radius 1 is 0.453 bits per heavy atom. The molecular formula is C58H50N6. The van der Waals surface area contributed by atoms with E-state index in [0.29, 0.717) is 0 Å². The van der Waals surface area contributed by atoms with Gasteiger partial charge in [-0.15, -0.1) is 0 Å². The highest BCUT2D eigenvalue weighted by Crippen LogP contribution is 2.44. The lowest BCUT2D eigenvalue weighted by Crippen LogP contribution is -1.91. The van der Waals surface area contributed by atoms with Gasteiger partial charge in [0, 0.05) is 66.9 Å². The summed E-state index contributed by atoms with van der Waals surface area (Å²) < 4.78 is 0. The molecule has 0 radical (unpaired) electrons. The predicted molar refractivity (Wildman–Crippen MR) is 274 cm³/mol. The molecule has 0 bridgehead atoms. The molecule has 0 amide bonds. The fourth-order valence-corrected chi connectivity index (χ4v) is 7.35. The zero-order valence-electron chi connectivity index (χ0n) is 36.2. The van der Waals surface area contributed by atoms with Crippen LogP contribution in [0.2, 0.25) is 0 Å². The first-order chi connectivity index (χ1) is 31.5. The van der Waals surface area contributed by atoms with E-state index in [2.05, 4.69) is 160 Å². The summed E-state index contributed by atoms with van der Waals surface area (Å²) in [5.74, 6) is 0. The summed E-state index contributed by atoms with van der Waals surface area (Å²) in [7, 11) is 0. The molecule has 0 unspecified atom stereocenters. The van der Waals surface area contributed by atoms with Gasteiger partial charge < -0.3 is 5.41 Å². The average molecular weight is 831 g/mol. The van der Waals surface area contributed by atoms with Crippen molar-refractivity contribution in [2.75, 3.05) is 0 Å². The summed E-state index contributed by atoms with van der Waals surface area (Å²) in [5, 5.41) is 13.7. The third-order valence-electron chi connectivity index (χ3n) is 10.1. The SMILES string of the molecule is C=C/C=C\C.C=CN=C.CC=N.c1ccncc1.c1cncc(-c2cc(-c3cccnc3)cc(-c3ccc4ccc5c(-c6cccc(-c7ccncc7)c6)ccc6ccc3c4c65)c2)c1. The summed E-state index contributed by atoms with van der Waals surface area (Å²) in [4.78, 5) is 20.1. The quantitative estimate of drug-likeness (QED) is 0.0984. The van der Waals surface area contributed by atoms with Crippen molar-refractivity contribution in [2.24, 2.45) is 4.99 Å². The predicted octanol–water partition coefficient (Wildman–Crippen LogP) is 15.4. The van der Waals surface area contributed by atoms with Crippen LogP contribution < -0.4 is 0 Å². The van der Waals surface area contributed by atoms with Crippen LogP contribution in [0.15, 0.2) is 238 Å². The molecule has 312 valence electrons. The summed E-state index contributed by atoms with van der Waals surface area (Å²) >= 11 is 0. The Labute approximate surface area is 376 Å². The summed E-state index contributed by atoms with van der Waals surface area (Å²) in [5.41, 5.74) is 11.6. The van der Waals surface area contributed by atoms with E-state index in [1.54, 1.807) is 25.4 Å². The van der Waals surface area contributed by atoms with Crippen LogP contribution in [-0.4, -0.2) is 32.9 Å². The number of hydrogen-bond donors (Lipinski definition) is 1. The Hall–Kier alpha value is -8.48. The molecule has 4 heterocycles. The van der Waals surface area contributed by atoms with Gasteiger partial charge in [0.25, 0.3) is 0 Å². The minimum Gasteiger partial charge on any atom is -0.313 e. The molecule has 6 nitrogen and oxygen atoms in total. The number of allylic oxidation sites excluding steroid dienone is 3. The molecule has 0 saturated heterocycles. The molecule has 0 spiro atoms. The first-order valence-corrected chi connectivity index (χ1v) is 20.8. The highest BCUT2D eigenvalue weighted by atomic mass is 14.6. The Balaban J connectivity index is 0.000000321. The maximum Gasteiger partial charge on any atom is 0.0346 e. The van der Waals surface area contributed by atoms with Gasteiger partial charge in [-0.3, -0.25) is 24.9 Å². The fourth-order valence-electron chi connectivity index (χ4n) is 7.35. The normalized spacial score (nSPS) is 10.2. The van der Waals surface area contributed by atoms with Crippen LogP contribution in [0, 0.1) is 5.41 Å². The van der Waals surface area contributed by atoms with Crippen LogP contribution in [0.1, 0.15) is 13.8 Å². The van der Waals surface area contributed by atoms with Gasteiger partial charge in [0.05, 0.1) is 0 Å². The van der Waals surface area contributed by atoms with Gasteiger partial charge in [0.15, 0.2) is 0 Å². The molecular weight excluding hydrogens is 781 g/mol. The van der Waals surface area contributed by atoms with E-state index in [0.717, 1.165) is 22.3 Å². The second kappa shape index (κ2) is 23.5. The van der Waals surface area contributed by atoms with E-state index in [9.17, 15) is 0 Å². The Morgan fingerprint density at radius 2 is 0.906 bits per heavy atom. The third-order valence-corrected chi connectivity index (χ3v) is 10.1. The molecule has 0 aliphatic rings. The molecule has 10 rings (SSSR count). The van der Waals surface area contributed by atoms with Gasteiger partial charge in [-0.2, -0.15) is 0 Å². The first-order valence-electron chi connectivity index (χ1n) is 20.8. The second-order valence-corrected chi connectivity index (χ2v) is 14.2.